The number of hydrogen-bond donors (Lipinski definition) is 3. The molecule has 0 radical (unpaired) electrons. The summed E-state index contributed by atoms with van der Waals surface area (Å²) in [6, 6.07) is 9.12. The van der Waals surface area contributed by atoms with Gasteiger partial charge in [0, 0.05) is 24.6 Å². The molecule has 0 unspecified atom stereocenters. The van der Waals surface area contributed by atoms with E-state index < -0.39 is 51.2 Å². The van der Waals surface area contributed by atoms with Crippen molar-refractivity contribution in [2.24, 2.45) is 5.92 Å². The van der Waals surface area contributed by atoms with E-state index in [1.807, 2.05) is 0 Å². The molecule has 0 aromatic heterocycles. The topological polar surface area (TPSA) is 87.3 Å². The highest BCUT2D eigenvalue weighted by atomic mass is 35.5. The number of anilines is 3. The number of alkyl halides is 2. The molecule has 3 aromatic carbocycles. The summed E-state index contributed by atoms with van der Waals surface area (Å²) in [5, 5.41) is 7.87. The summed E-state index contributed by atoms with van der Waals surface area (Å²) < 4.78 is 26.9. The van der Waals surface area contributed by atoms with E-state index in [1.165, 1.54) is 12.1 Å². The fraction of sp³-hybridized carbons (Fsp3) is 0.192. The van der Waals surface area contributed by atoms with E-state index in [0.717, 1.165) is 13.0 Å². The Kier molecular flexibility index (Phi) is 8.36. The summed E-state index contributed by atoms with van der Waals surface area (Å²) in [4.78, 5) is 37.4. The molecule has 0 aliphatic heterocycles. The summed E-state index contributed by atoms with van der Waals surface area (Å²) in [5.41, 5.74) is 0.435. The zero-order valence-corrected chi connectivity index (χ0v) is 23.8. The van der Waals surface area contributed by atoms with Crippen LogP contribution < -0.4 is 16.0 Å². The maximum atomic E-state index is 14.4. The van der Waals surface area contributed by atoms with Crippen molar-refractivity contribution < 1.29 is 23.2 Å². The van der Waals surface area contributed by atoms with E-state index in [0.29, 0.717) is 22.2 Å². The Morgan fingerprint density at radius 1 is 0.846 bits per heavy atom. The van der Waals surface area contributed by atoms with Gasteiger partial charge in [0.1, 0.15) is 16.0 Å². The molecule has 1 fully saturated rings. The highest BCUT2D eigenvalue weighted by Crippen LogP contribution is 2.65. The molecular weight excluding hydrogens is 618 g/mol. The Morgan fingerprint density at radius 2 is 1.49 bits per heavy atom. The first-order chi connectivity index (χ1) is 18.2. The van der Waals surface area contributed by atoms with E-state index >= 15 is 0 Å². The number of amides is 3. The molecule has 204 valence electrons. The van der Waals surface area contributed by atoms with Crippen LogP contribution in [0.15, 0.2) is 42.5 Å². The molecule has 4 rings (SSSR count). The van der Waals surface area contributed by atoms with E-state index in [1.54, 1.807) is 25.1 Å². The Balaban J connectivity index is 1.56. The second kappa shape index (κ2) is 11.1. The van der Waals surface area contributed by atoms with Crippen molar-refractivity contribution >= 4 is 92.8 Å². The first kappa shape index (κ1) is 29.4. The lowest BCUT2D eigenvalue weighted by molar-refractivity contribution is -0.117. The van der Waals surface area contributed by atoms with Crippen molar-refractivity contribution in [2.45, 2.75) is 24.1 Å². The molecule has 0 spiro atoms. The number of benzene rings is 3. The molecule has 0 heterocycles. The van der Waals surface area contributed by atoms with Crippen LogP contribution in [0.1, 0.15) is 34.3 Å². The Bertz CT molecular complexity index is 1530. The van der Waals surface area contributed by atoms with Crippen molar-refractivity contribution in [3.8, 4) is 0 Å². The second-order valence-electron chi connectivity index (χ2n) is 8.89. The Labute approximate surface area is 246 Å². The zero-order chi connectivity index (χ0) is 28.8. The summed E-state index contributed by atoms with van der Waals surface area (Å²) in [6.07, 6.45) is 0. The van der Waals surface area contributed by atoms with Gasteiger partial charge in [-0.15, -0.1) is 23.2 Å². The van der Waals surface area contributed by atoms with Gasteiger partial charge < -0.3 is 16.0 Å². The van der Waals surface area contributed by atoms with Crippen LogP contribution >= 0.6 is 58.0 Å². The van der Waals surface area contributed by atoms with Gasteiger partial charge in [0.2, 0.25) is 11.8 Å². The maximum absolute atomic E-state index is 14.4. The molecule has 39 heavy (non-hydrogen) atoms. The molecule has 3 N–H and O–H groups in total. The van der Waals surface area contributed by atoms with Gasteiger partial charge in [0.25, 0.3) is 5.91 Å². The van der Waals surface area contributed by atoms with Crippen molar-refractivity contribution in [1.82, 2.24) is 0 Å². The molecule has 1 aliphatic rings. The second-order valence-corrected chi connectivity index (χ2v) is 11.5. The third-order valence-electron chi connectivity index (χ3n) is 6.02. The van der Waals surface area contributed by atoms with Crippen molar-refractivity contribution in [3.05, 3.63) is 85.9 Å². The van der Waals surface area contributed by atoms with E-state index in [-0.39, 0.29) is 27.0 Å². The average molecular weight is 636 g/mol. The molecule has 6 nitrogen and oxygen atoms in total. The average Bonchev–Trinajstić information content (AvgIpc) is 3.42. The SMILES string of the molecule is CC(=O)Nc1cc(NC(=O)c2cc(NC(=O)[C@H]3[C@H](c4ccc(Cl)c(Cl)c4)C3(Cl)Cl)cc(C)c2Cl)c(F)cc1F. The maximum Gasteiger partial charge on any atom is 0.257 e. The molecular formula is C26H18Cl5F2N3O3. The van der Waals surface area contributed by atoms with Gasteiger partial charge in [-0.3, -0.25) is 14.4 Å². The van der Waals surface area contributed by atoms with Crippen LogP contribution in [0.3, 0.4) is 0 Å². The largest absolute Gasteiger partial charge is 0.326 e. The summed E-state index contributed by atoms with van der Waals surface area (Å²) in [7, 11) is 0. The number of carbonyl (C=O) groups excluding carboxylic acids is 3. The predicted octanol–water partition coefficient (Wildman–Crippen LogP) is 7.97. The van der Waals surface area contributed by atoms with Crippen molar-refractivity contribution in [1.29, 1.82) is 0 Å². The van der Waals surface area contributed by atoms with Crippen LogP contribution in [0.2, 0.25) is 15.1 Å². The van der Waals surface area contributed by atoms with Crippen LogP contribution in [0.5, 0.6) is 0 Å². The van der Waals surface area contributed by atoms with Crippen LogP contribution in [0.25, 0.3) is 0 Å². The number of hydrogen-bond acceptors (Lipinski definition) is 3. The minimum absolute atomic E-state index is 0.0410. The fourth-order valence-corrected chi connectivity index (χ4v) is 5.45. The quantitative estimate of drug-likeness (QED) is 0.240. The first-order valence-electron chi connectivity index (χ1n) is 11.2. The van der Waals surface area contributed by atoms with Gasteiger partial charge in [-0.2, -0.15) is 0 Å². The summed E-state index contributed by atoms with van der Waals surface area (Å²) in [5.74, 6) is -5.45. The minimum Gasteiger partial charge on any atom is -0.326 e. The van der Waals surface area contributed by atoms with Gasteiger partial charge in [-0.05, 0) is 48.4 Å². The normalized spacial score (nSPS) is 17.4. The molecule has 0 bridgehead atoms. The third kappa shape index (κ3) is 6.10. The molecule has 1 saturated carbocycles. The summed E-state index contributed by atoms with van der Waals surface area (Å²) in [6.45, 7) is 2.75. The van der Waals surface area contributed by atoms with Crippen LogP contribution in [-0.2, 0) is 9.59 Å². The molecule has 13 heteroatoms. The molecule has 0 saturated heterocycles. The minimum atomic E-state index is -1.41. The molecule has 2 atom stereocenters. The third-order valence-corrected chi connectivity index (χ3v) is 8.20. The Hall–Kier alpha value is -2.62. The van der Waals surface area contributed by atoms with E-state index in [2.05, 4.69) is 16.0 Å². The lowest BCUT2D eigenvalue weighted by atomic mass is 10.1. The number of carbonyl (C=O) groups is 3. The van der Waals surface area contributed by atoms with E-state index in [9.17, 15) is 23.2 Å². The van der Waals surface area contributed by atoms with Gasteiger partial charge in [-0.25, -0.2) is 8.78 Å². The van der Waals surface area contributed by atoms with E-state index in [4.69, 9.17) is 58.0 Å². The number of rotatable bonds is 6. The first-order valence-corrected chi connectivity index (χ1v) is 13.1. The zero-order valence-electron chi connectivity index (χ0n) is 20.1. The van der Waals surface area contributed by atoms with Crippen LogP contribution in [-0.4, -0.2) is 22.1 Å². The molecule has 3 amide bonds. The van der Waals surface area contributed by atoms with Crippen LogP contribution in [0, 0.1) is 24.5 Å². The van der Waals surface area contributed by atoms with Gasteiger partial charge in [0.05, 0.1) is 37.9 Å². The highest BCUT2D eigenvalue weighted by Gasteiger charge is 2.67. The lowest BCUT2D eigenvalue weighted by Gasteiger charge is -2.14. The van der Waals surface area contributed by atoms with Crippen LogP contribution in [0.4, 0.5) is 25.8 Å². The number of nitrogens with one attached hydrogen (secondary N) is 3. The fourth-order valence-electron chi connectivity index (χ4n) is 4.12. The lowest BCUT2D eigenvalue weighted by Crippen LogP contribution is -2.19. The Morgan fingerprint density at radius 3 is 2.10 bits per heavy atom. The number of aryl methyl sites for hydroxylation is 1. The van der Waals surface area contributed by atoms with Crippen molar-refractivity contribution in [3.63, 3.8) is 0 Å². The van der Waals surface area contributed by atoms with Gasteiger partial charge >= 0.3 is 0 Å². The molecule has 3 aromatic rings. The van der Waals surface area contributed by atoms with Gasteiger partial charge in [-0.1, -0.05) is 40.9 Å². The summed E-state index contributed by atoms with van der Waals surface area (Å²) >= 11 is 31.2. The molecule has 1 aliphatic carbocycles. The van der Waals surface area contributed by atoms with Crippen molar-refractivity contribution in [2.75, 3.05) is 16.0 Å². The smallest absolute Gasteiger partial charge is 0.257 e. The monoisotopic (exact) mass is 633 g/mol. The number of halogens is 7. The van der Waals surface area contributed by atoms with Gasteiger partial charge in [0.15, 0.2) is 0 Å². The highest BCUT2D eigenvalue weighted by molar-refractivity contribution is 6.53. The standard InChI is InChI=1S/C26H18Cl5F2N3O3/c1-10-5-13(35-25(39)22-21(26(22,30)31)12-3-4-15(27)16(28)6-12)7-14(23(10)29)24(38)36-20-9-19(34-11(2)37)17(32)8-18(20)33/h3-9,21-22H,1-2H3,(H,34,37)(H,35,39)(H,36,38)/t21-,22+/m0/s1. The predicted molar refractivity (Wildman–Crippen MR) is 151 cm³/mol.